The highest BCUT2D eigenvalue weighted by atomic mass is 32.1. The van der Waals surface area contributed by atoms with Crippen molar-refractivity contribution in [1.29, 1.82) is 0 Å². The Labute approximate surface area is 368 Å². The summed E-state index contributed by atoms with van der Waals surface area (Å²) in [5.74, 6) is 0.758. The summed E-state index contributed by atoms with van der Waals surface area (Å²) in [5, 5.41) is 8.58. The number of morpholine rings is 2. The Balaban J connectivity index is 0.000000152. The average Bonchev–Trinajstić information content (AvgIpc) is 4.01. The molecule has 0 radical (unpaired) electrons. The molecule has 0 saturated carbocycles. The third-order valence-electron chi connectivity index (χ3n) is 11.5. The molecule has 0 bridgehead atoms. The van der Waals surface area contributed by atoms with E-state index in [-0.39, 0.29) is 16.5 Å². The molecular weight excluding hydrogens is 843 g/mol. The number of nitrogens with zero attached hydrogens (tertiary/aromatic N) is 9. The molecule has 5 aromatic heterocycles. The van der Waals surface area contributed by atoms with E-state index < -0.39 is 5.97 Å². The summed E-state index contributed by atoms with van der Waals surface area (Å²) in [4.78, 5) is 35.5. The molecule has 0 amide bonds. The summed E-state index contributed by atoms with van der Waals surface area (Å²) < 4.78 is 53.4. The zero-order chi connectivity index (χ0) is 44.1. The molecule has 2 saturated heterocycles. The van der Waals surface area contributed by atoms with Crippen LogP contribution in [0.3, 0.4) is 0 Å². The molecule has 0 spiro atoms. The molecule has 324 valence electrons. The maximum atomic E-state index is 13.8. The second-order valence-corrected chi connectivity index (χ2v) is 15.7. The molecule has 2 fully saturated rings. The van der Waals surface area contributed by atoms with Crippen LogP contribution in [-0.4, -0.2) is 105 Å². The highest BCUT2D eigenvalue weighted by molar-refractivity contribution is 7.71. The lowest BCUT2D eigenvalue weighted by atomic mass is 10.1. The molecule has 2 aliphatic heterocycles. The maximum absolute atomic E-state index is 13.8. The molecule has 4 aromatic carbocycles. The van der Waals surface area contributed by atoms with Gasteiger partial charge in [0.05, 0.1) is 78.1 Å². The van der Waals surface area contributed by atoms with Crippen molar-refractivity contribution in [3.05, 3.63) is 119 Å². The van der Waals surface area contributed by atoms with Crippen molar-refractivity contribution >= 4 is 73.4 Å². The lowest BCUT2D eigenvalue weighted by molar-refractivity contribution is 0.0602. The Kier molecular flexibility index (Phi) is 10.8. The van der Waals surface area contributed by atoms with Gasteiger partial charge in [0, 0.05) is 72.9 Å². The van der Waals surface area contributed by atoms with E-state index in [2.05, 4.69) is 40.6 Å². The Morgan fingerprint density at radius 2 is 1.22 bits per heavy atom. The lowest BCUT2D eigenvalue weighted by Crippen LogP contribution is -2.36. The first-order chi connectivity index (χ1) is 31.1. The number of H-pyrrole nitrogens is 1. The lowest BCUT2D eigenvalue weighted by Gasteiger charge is -2.29. The minimum Gasteiger partial charge on any atom is -0.465 e. The summed E-state index contributed by atoms with van der Waals surface area (Å²) in [5.41, 5.74) is 8.85. The highest BCUT2D eigenvalue weighted by Crippen LogP contribution is 2.37. The largest absolute Gasteiger partial charge is 0.465 e. The summed E-state index contributed by atoms with van der Waals surface area (Å²) in [7, 11) is 1.37. The molecule has 7 heterocycles. The molecule has 0 unspecified atom stereocenters. The topological polar surface area (TPSA) is 154 Å². The summed E-state index contributed by atoms with van der Waals surface area (Å²) in [6, 6.07) is 20.9. The van der Waals surface area contributed by atoms with Crippen molar-refractivity contribution in [3.8, 4) is 22.8 Å². The van der Waals surface area contributed by atoms with Crippen molar-refractivity contribution in [3.63, 3.8) is 0 Å². The first kappa shape index (κ1) is 40.9. The number of imidazole rings is 2. The number of aryl methyl sites for hydroxylation is 2. The number of hydrogen-bond donors (Lipinski definition) is 1. The maximum Gasteiger partial charge on any atom is 0.340 e. The van der Waals surface area contributed by atoms with E-state index in [9.17, 15) is 13.6 Å². The van der Waals surface area contributed by atoms with Crippen LogP contribution in [0.25, 0.3) is 66.7 Å². The van der Waals surface area contributed by atoms with Crippen LogP contribution in [-0.2, 0) is 14.2 Å². The molecule has 0 atom stereocenters. The van der Waals surface area contributed by atoms with Crippen LogP contribution in [0.5, 0.6) is 0 Å². The highest BCUT2D eigenvalue weighted by Gasteiger charge is 2.25. The Morgan fingerprint density at radius 1 is 0.703 bits per heavy atom. The quantitative estimate of drug-likeness (QED) is 0.126. The third-order valence-corrected chi connectivity index (χ3v) is 11.7. The van der Waals surface area contributed by atoms with Crippen molar-refractivity contribution in [2.75, 3.05) is 69.5 Å². The Bertz CT molecular complexity index is 3320. The van der Waals surface area contributed by atoms with Gasteiger partial charge in [-0.2, -0.15) is 0 Å². The number of fused-ring (bicyclic) bond motifs is 4. The number of halogens is 2. The third kappa shape index (κ3) is 7.48. The number of aromatic amines is 1. The van der Waals surface area contributed by atoms with E-state index in [1.807, 2.05) is 48.7 Å². The minimum atomic E-state index is -0.439. The van der Waals surface area contributed by atoms with E-state index in [1.54, 1.807) is 24.5 Å². The van der Waals surface area contributed by atoms with Gasteiger partial charge in [0.15, 0.2) is 0 Å². The van der Waals surface area contributed by atoms with Gasteiger partial charge in [-0.1, -0.05) is 0 Å². The summed E-state index contributed by atoms with van der Waals surface area (Å²) in [6.45, 7) is 9.42. The fourth-order valence-corrected chi connectivity index (χ4v) is 8.67. The molecule has 2 aliphatic rings. The minimum absolute atomic E-state index is 0.202. The SMILES string of the molecule is COC(=O)c1cc(N2CCOCC2)cc2c1nc(C)n2-c1ccnc2cc(F)ccc12.Cc1nc2c(-c3n[nH]c(=S)o3)cc(N3CCOCC3)cc2n1-c1ccnc2cc(F)ccc12. The molecule has 15 nitrogen and oxygen atoms in total. The number of carbonyl (C=O) groups is 1. The number of esters is 1. The number of rotatable bonds is 6. The fraction of sp³-hybridized carbons (Fsp3) is 0.239. The van der Waals surface area contributed by atoms with Crippen molar-refractivity contribution in [1.82, 2.24) is 39.3 Å². The van der Waals surface area contributed by atoms with Gasteiger partial charge in [-0.05, 0) is 86.7 Å². The fourth-order valence-electron chi connectivity index (χ4n) is 8.55. The number of ether oxygens (including phenoxy) is 3. The molecule has 1 N–H and O–H groups in total. The number of pyridine rings is 2. The molecule has 18 heteroatoms. The van der Waals surface area contributed by atoms with Crippen LogP contribution in [0, 0.1) is 30.3 Å². The number of benzene rings is 4. The van der Waals surface area contributed by atoms with Gasteiger partial charge >= 0.3 is 5.97 Å². The van der Waals surface area contributed by atoms with Crippen LogP contribution >= 0.6 is 12.2 Å². The van der Waals surface area contributed by atoms with E-state index >= 15 is 0 Å². The van der Waals surface area contributed by atoms with Crippen molar-refractivity contribution in [2.45, 2.75) is 13.8 Å². The first-order valence-corrected chi connectivity index (χ1v) is 21.0. The van der Waals surface area contributed by atoms with E-state index in [0.29, 0.717) is 60.3 Å². The monoisotopic (exact) mass is 882 g/mol. The number of nitrogens with one attached hydrogen (secondary N) is 1. The molecule has 9 aromatic rings. The number of aromatic nitrogens is 8. The molecule has 11 rings (SSSR count). The summed E-state index contributed by atoms with van der Waals surface area (Å²) in [6.07, 6.45) is 3.33. The first-order valence-electron chi connectivity index (χ1n) is 20.6. The molecule has 0 aliphatic carbocycles. The van der Waals surface area contributed by atoms with Gasteiger partial charge < -0.3 is 28.4 Å². The van der Waals surface area contributed by atoms with Gasteiger partial charge in [0.2, 0.25) is 5.89 Å². The van der Waals surface area contributed by atoms with Crippen LogP contribution in [0.2, 0.25) is 0 Å². The van der Waals surface area contributed by atoms with E-state index in [4.69, 9.17) is 40.8 Å². The number of carbonyl (C=O) groups excluding carboxylic acids is 1. The van der Waals surface area contributed by atoms with Crippen LogP contribution in [0.15, 0.2) is 89.6 Å². The zero-order valence-electron chi connectivity index (χ0n) is 35.0. The number of hydrogen-bond acceptors (Lipinski definition) is 13. The standard InChI is InChI=1S/C23H19FN6O2S.C23H21FN4O3/c1-13-26-21-17(22-27-28-23(33)32-22)11-15(29-6-8-31-9-7-29)12-20(21)30(13)19-4-5-25-18-10-14(24)2-3-16(18)19;1-14-26-22-18(23(29)30-2)12-16(27-7-9-31-10-8-27)13-21(22)28(14)20-5-6-25-19-11-15(24)3-4-17(19)20/h2-5,10-12H,6-9H2,1H3,(H,28,33);3-6,11-13H,7-10H2,1-2H3. The normalized spacial score (nSPS) is 14.4. The molecular formula is C46H40F2N10O5S. The van der Waals surface area contributed by atoms with Crippen molar-refractivity contribution < 1.29 is 32.2 Å². The number of anilines is 2. The summed E-state index contributed by atoms with van der Waals surface area (Å²) >= 11 is 5.11. The van der Waals surface area contributed by atoms with Gasteiger partial charge in [-0.25, -0.2) is 28.6 Å². The second kappa shape index (κ2) is 16.9. The van der Waals surface area contributed by atoms with Crippen LogP contribution in [0.4, 0.5) is 20.2 Å². The van der Waals surface area contributed by atoms with Gasteiger partial charge in [-0.3, -0.25) is 19.1 Å². The second-order valence-electron chi connectivity index (χ2n) is 15.3. The van der Waals surface area contributed by atoms with Crippen LogP contribution in [0.1, 0.15) is 22.0 Å². The van der Waals surface area contributed by atoms with E-state index in [1.165, 1.54) is 31.4 Å². The van der Waals surface area contributed by atoms with Gasteiger partial charge in [0.25, 0.3) is 4.84 Å². The molecule has 64 heavy (non-hydrogen) atoms. The Hall–Kier alpha value is -7.15. The van der Waals surface area contributed by atoms with E-state index in [0.717, 1.165) is 87.6 Å². The van der Waals surface area contributed by atoms with Crippen LogP contribution < -0.4 is 9.80 Å². The van der Waals surface area contributed by atoms with Gasteiger partial charge in [-0.15, -0.1) is 5.10 Å². The van der Waals surface area contributed by atoms with Gasteiger partial charge in [0.1, 0.15) is 34.3 Å². The zero-order valence-corrected chi connectivity index (χ0v) is 35.8. The smallest absolute Gasteiger partial charge is 0.340 e. The van der Waals surface area contributed by atoms with Crippen molar-refractivity contribution in [2.24, 2.45) is 0 Å². The average molecular weight is 883 g/mol. The number of methoxy groups -OCH3 is 1. The Morgan fingerprint density at radius 3 is 1.73 bits per heavy atom. The predicted molar refractivity (Wildman–Crippen MR) is 240 cm³/mol. The predicted octanol–water partition coefficient (Wildman–Crippen LogP) is 8.21.